The number of aliphatic hydroxyl groups excluding tert-OH is 2. The van der Waals surface area contributed by atoms with E-state index in [0.29, 0.717) is 12.3 Å². The van der Waals surface area contributed by atoms with Crippen LogP contribution in [0.15, 0.2) is 42.5 Å². The van der Waals surface area contributed by atoms with E-state index in [4.69, 9.17) is 14.6 Å². The lowest BCUT2D eigenvalue weighted by molar-refractivity contribution is -0.137. The molecule has 6 nitrogen and oxygen atoms in total. The van der Waals surface area contributed by atoms with Gasteiger partial charge in [0.25, 0.3) is 0 Å². The Bertz CT molecular complexity index is 691. The van der Waals surface area contributed by atoms with Crippen molar-refractivity contribution in [1.29, 1.82) is 0 Å². The molecule has 0 spiro atoms. The Labute approximate surface area is 184 Å². The van der Waals surface area contributed by atoms with E-state index in [1.807, 2.05) is 36.4 Å². The predicted molar refractivity (Wildman–Crippen MR) is 118 cm³/mol. The van der Waals surface area contributed by atoms with Gasteiger partial charge in [0.15, 0.2) is 0 Å². The fraction of sp³-hybridized carbons (Fsp3) is 0.640. The summed E-state index contributed by atoms with van der Waals surface area (Å²) in [6.07, 6.45) is 9.34. The number of aliphatic carboxylic acids is 1. The molecule has 1 saturated heterocycles. The second-order valence-corrected chi connectivity index (χ2v) is 8.93. The molecule has 0 radical (unpaired) electrons. The minimum atomic E-state index is -0.725. The van der Waals surface area contributed by atoms with E-state index in [9.17, 15) is 15.0 Å². The van der Waals surface area contributed by atoms with Crippen molar-refractivity contribution in [3.05, 3.63) is 42.5 Å². The minimum Gasteiger partial charge on any atom is -0.491 e. The first kappa shape index (κ1) is 23.8. The van der Waals surface area contributed by atoms with Gasteiger partial charge < -0.3 is 24.8 Å². The van der Waals surface area contributed by atoms with Gasteiger partial charge in [-0.25, -0.2) is 0 Å². The molecule has 3 rings (SSSR count). The van der Waals surface area contributed by atoms with Crippen LogP contribution in [0.3, 0.4) is 0 Å². The monoisotopic (exact) mass is 432 g/mol. The predicted octanol–water partition coefficient (Wildman–Crippen LogP) is 3.81. The zero-order valence-corrected chi connectivity index (χ0v) is 18.1. The van der Waals surface area contributed by atoms with Crippen LogP contribution in [0.25, 0.3) is 0 Å². The molecule has 1 aromatic rings. The van der Waals surface area contributed by atoms with Crippen LogP contribution in [0.4, 0.5) is 0 Å². The van der Waals surface area contributed by atoms with Crippen molar-refractivity contribution in [1.82, 2.24) is 0 Å². The van der Waals surface area contributed by atoms with Crippen LogP contribution in [0.2, 0.25) is 0 Å². The van der Waals surface area contributed by atoms with E-state index in [1.54, 1.807) is 6.08 Å². The lowest BCUT2D eigenvalue weighted by atomic mass is 9.86. The molecule has 2 fully saturated rings. The number of ether oxygens (including phenoxy) is 2. The Kier molecular flexibility index (Phi) is 9.37. The molecular formula is C25H36O6. The van der Waals surface area contributed by atoms with Gasteiger partial charge in [-0.1, -0.05) is 43.2 Å². The lowest BCUT2D eigenvalue weighted by Gasteiger charge is -2.21. The normalized spacial score (nSPS) is 29.4. The van der Waals surface area contributed by atoms with Gasteiger partial charge in [0, 0.05) is 25.4 Å². The number of carboxylic acids is 1. The number of carbonyl (C=O) groups is 1. The first-order chi connectivity index (χ1) is 15.0. The number of para-hydroxylation sites is 1. The third-order valence-electron chi connectivity index (χ3n) is 6.57. The van der Waals surface area contributed by atoms with Crippen LogP contribution in [0.5, 0.6) is 5.75 Å². The highest BCUT2D eigenvalue weighted by atomic mass is 16.5. The van der Waals surface area contributed by atoms with E-state index >= 15 is 0 Å². The highest BCUT2D eigenvalue weighted by Crippen LogP contribution is 2.42. The van der Waals surface area contributed by atoms with Gasteiger partial charge in [-0.15, -0.1) is 0 Å². The van der Waals surface area contributed by atoms with Gasteiger partial charge in [-0.2, -0.15) is 0 Å². The highest BCUT2D eigenvalue weighted by Gasteiger charge is 2.43. The number of hydrogen-bond acceptors (Lipinski definition) is 5. The van der Waals surface area contributed by atoms with Crippen molar-refractivity contribution in [3.8, 4) is 5.75 Å². The quantitative estimate of drug-likeness (QED) is 0.363. The van der Waals surface area contributed by atoms with Crippen LogP contribution in [-0.2, 0) is 9.53 Å². The molecule has 172 valence electrons. The molecule has 0 unspecified atom stereocenters. The molecule has 3 N–H and O–H groups in total. The molecule has 0 bridgehead atoms. The average molecular weight is 433 g/mol. The summed E-state index contributed by atoms with van der Waals surface area (Å²) in [6, 6.07) is 9.41. The zero-order valence-electron chi connectivity index (χ0n) is 18.1. The third-order valence-corrected chi connectivity index (χ3v) is 6.57. The molecule has 0 amide bonds. The number of hydrogen-bond donors (Lipinski definition) is 3. The van der Waals surface area contributed by atoms with Gasteiger partial charge >= 0.3 is 5.97 Å². The van der Waals surface area contributed by atoms with Crippen molar-refractivity contribution in [2.45, 2.75) is 69.7 Å². The number of rotatable bonds is 11. The van der Waals surface area contributed by atoms with E-state index < -0.39 is 18.2 Å². The Morgan fingerprint density at radius 1 is 1.19 bits per heavy atom. The summed E-state index contributed by atoms with van der Waals surface area (Å²) in [5, 5.41) is 29.5. The number of benzene rings is 1. The zero-order chi connectivity index (χ0) is 22.1. The van der Waals surface area contributed by atoms with Crippen molar-refractivity contribution in [3.63, 3.8) is 0 Å². The Hall–Kier alpha value is -1.89. The molecule has 6 heteroatoms. The number of fused-ring (bicyclic) bond motifs is 1. The third kappa shape index (κ3) is 7.63. The molecule has 6 atom stereocenters. The number of carboxylic acid groups (broad SMARTS) is 1. The van der Waals surface area contributed by atoms with Crippen molar-refractivity contribution >= 4 is 5.97 Å². The largest absolute Gasteiger partial charge is 0.491 e. The molecule has 1 heterocycles. The van der Waals surface area contributed by atoms with Crippen LogP contribution in [-0.4, -0.2) is 52.8 Å². The summed E-state index contributed by atoms with van der Waals surface area (Å²) in [4.78, 5) is 10.6. The molecule has 1 aliphatic carbocycles. The average Bonchev–Trinajstić information content (AvgIpc) is 2.92. The van der Waals surface area contributed by atoms with E-state index in [0.717, 1.165) is 50.9 Å². The summed E-state index contributed by atoms with van der Waals surface area (Å²) >= 11 is 0. The topological polar surface area (TPSA) is 96.2 Å². The van der Waals surface area contributed by atoms with Gasteiger partial charge in [0.05, 0.1) is 12.2 Å². The second kappa shape index (κ2) is 12.2. The standard InChI is InChI=1S/C25H36O6/c26-19(17-30-20-8-4-2-5-9-20)12-14-21-22-13-11-18(7-3-1-6-10-25(28)29)16-31-24(22)15-23(21)27/h2,4-5,8-9,12,14,18-19,21-24,26-27H,1,3,6-7,10-11,13,15-17H2,(H,28,29)/b14-12+/t18-,19+,21+,22+,23+,24-/m0/s1. The maximum atomic E-state index is 10.6. The fourth-order valence-corrected chi connectivity index (χ4v) is 4.84. The molecule has 1 aromatic carbocycles. The molecule has 31 heavy (non-hydrogen) atoms. The maximum Gasteiger partial charge on any atom is 0.303 e. The van der Waals surface area contributed by atoms with E-state index in [1.165, 1.54) is 0 Å². The lowest BCUT2D eigenvalue weighted by Crippen LogP contribution is -2.22. The van der Waals surface area contributed by atoms with Gasteiger partial charge in [-0.3, -0.25) is 4.79 Å². The van der Waals surface area contributed by atoms with E-state index in [-0.39, 0.29) is 31.0 Å². The Morgan fingerprint density at radius 3 is 2.77 bits per heavy atom. The van der Waals surface area contributed by atoms with Gasteiger partial charge in [-0.05, 0) is 49.7 Å². The first-order valence-electron chi connectivity index (χ1n) is 11.6. The van der Waals surface area contributed by atoms with Gasteiger partial charge in [0.2, 0.25) is 0 Å². The van der Waals surface area contributed by atoms with Crippen LogP contribution >= 0.6 is 0 Å². The molecule has 1 saturated carbocycles. The van der Waals surface area contributed by atoms with Crippen molar-refractivity contribution < 1.29 is 29.6 Å². The molecule has 1 aliphatic heterocycles. The number of aliphatic hydroxyl groups is 2. The smallest absolute Gasteiger partial charge is 0.303 e. The maximum absolute atomic E-state index is 10.6. The molecule has 2 aliphatic rings. The van der Waals surface area contributed by atoms with Crippen molar-refractivity contribution in [2.75, 3.05) is 13.2 Å². The summed E-state index contributed by atoms with van der Waals surface area (Å²) in [5.41, 5.74) is 0. The second-order valence-electron chi connectivity index (χ2n) is 8.93. The summed E-state index contributed by atoms with van der Waals surface area (Å²) < 4.78 is 11.8. The van der Waals surface area contributed by atoms with Crippen molar-refractivity contribution in [2.24, 2.45) is 17.8 Å². The SMILES string of the molecule is O=C(O)CCCCC[C@H]1CC[C@@H]2[C@@H](/C=C/[C@@H](O)COc3ccccc3)[C@H](O)C[C@@H]2OC1. The van der Waals surface area contributed by atoms with Gasteiger partial charge in [0.1, 0.15) is 18.5 Å². The molecular weight excluding hydrogens is 396 g/mol. The molecule has 0 aromatic heterocycles. The fourth-order valence-electron chi connectivity index (χ4n) is 4.84. The minimum absolute atomic E-state index is 0.00862. The van der Waals surface area contributed by atoms with E-state index in [2.05, 4.69) is 0 Å². The van der Waals surface area contributed by atoms with Crippen LogP contribution in [0, 0.1) is 17.8 Å². The first-order valence-corrected chi connectivity index (χ1v) is 11.6. The van der Waals surface area contributed by atoms with Crippen LogP contribution in [0.1, 0.15) is 51.4 Å². The summed E-state index contributed by atoms with van der Waals surface area (Å²) in [7, 11) is 0. The summed E-state index contributed by atoms with van der Waals surface area (Å²) in [6.45, 7) is 0.897. The Balaban J connectivity index is 1.43. The number of unbranched alkanes of at least 4 members (excludes halogenated alkanes) is 2. The highest BCUT2D eigenvalue weighted by molar-refractivity contribution is 5.66. The Morgan fingerprint density at radius 2 is 2.00 bits per heavy atom. The van der Waals surface area contributed by atoms with Crippen LogP contribution < -0.4 is 4.74 Å². The summed E-state index contributed by atoms with van der Waals surface area (Å²) in [5.74, 6) is 0.764.